The van der Waals surface area contributed by atoms with E-state index in [2.05, 4.69) is 15.6 Å². The maximum atomic E-state index is 11.8. The Balaban J connectivity index is 2.65. The zero-order chi connectivity index (χ0) is 13.7. The summed E-state index contributed by atoms with van der Waals surface area (Å²) in [7, 11) is 0. The highest BCUT2D eigenvalue weighted by Gasteiger charge is 2.17. The van der Waals surface area contributed by atoms with Crippen molar-refractivity contribution in [1.29, 1.82) is 0 Å². The van der Waals surface area contributed by atoms with E-state index in [9.17, 15) is 14.4 Å². The van der Waals surface area contributed by atoms with Crippen molar-refractivity contribution < 1.29 is 9.59 Å². The van der Waals surface area contributed by atoms with Crippen molar-refractivity contribution in [2.24, 2.45) is 0 Å². The number of amides is 2. The van der Waals surface area contributed by atoms with E-state index in [1.165, 1.54) is 18.3 Å². The van der Waals surface area contributed by atoms with Crippen LogP contribution in [0.4, 0.5) is 0 Å². The minimum absolute atomic E-state index is 0.0106. The predicted molar refractivity (Wildman–Crippen MR) is 67.3 cm³/mol. The highest BCUT2D eigenvalue weighted by molar-refractivity contribution is 5.97. The molecule has 1 heterocycles. The molecule has 0 fully saturated rings. The number of pyridine rings is 1. The third-order valence-electron chi connectivity index (χ3n) is 2.21. The summed E-state index contributed by atoms with van der Waals surface area (Å²) < 4.78 is 0. The van der Waals surface area contributed by atoms with Gasteiger partial charge in [0, 0.05) is 23.9 Å². The lowest BCUT2D eigenvalue weighted by Crippen LogP contribution is -2.46. The quantitative estimate of drug-likeness (QED) is 0.704. The number of hydrogen-bond acceptors (Lipinski definition) is 3. The molecular formula is C12H17N3O3. The van der Waals surface area contributed by atoms with Crippen LogP contribution in [0.5, 0.6) is 0 Å². The number of carbonyl (C=O) groups is 2. The highest BCUT2D eigenvalue weighted by atomic mass is 16.2. The summed E-state index contributed by atoms with van der Waals surface area (Å²) in [5.74, 6) is -0.712. The van der Waals surface area contributed by atoms with Gasteiger partial charge in [-0.25, -0.2) is 0 Å². The Bertz CT molecular complexity index is 493. The van der Waals surface area contributed by atoms with Crippen LogP contribution in [0.15, 0.2) is 23.1 Å². The average Bonchev–Trinajstić information content (AvgIpc) is 2.27. The van der Waals surface area contributed by atoms with Gasteiger partial charge in [-0.05, 0) is 26.8 Å². The van der Waals surface area contributed by atoms with Crippen molar-refractivity contribution in [2.45, 2.75) is 32.9 Å². The lowest BCUT2D eigenvalue weighted by molar-refractivity contribution is -0.123. The largest absolute Gasteiger partial charge is 0.352 e. The Morgan fingerprint density at radius 1 is 1.22 bits per heavy atom. The predicted octanol–water partition coefficient (Wildman–Crippen LogP) is 0.0178. The summed E-state index contributed by atoms with van der Waals surface area (Å²) in [6.07, 6.45) is 1.39. The molecule has 1 unspecified atom stereocenters. The van der Waals surface area contributed by atoms with E-state index in [4.69, 9.17) is 0 Å². The number of aromatic amines is 1. The number of H-pyrrole nitrogens is 1. The molecule has 18 heavy (non-hydrogen) atoms. The van der Waals surface area contributed by atoms with Crippen LogP contribution in [0, 0.1) is 0 Å². The molecule has 2 amide bonds. The molecule has 0 saturated heterocycles. The fraction of sp³-hybridized carbons (Fsp3) is 0.417. The van der Waals surface area contributed by atoms with Crippen LogP contribution in [0.2, 0.25) is 0 Å². The SMILES string of the molecule is CC(C)NC(=O)C(C)NC(=O)c1cc[nH]c(=O)c1. The van der Waals surface area contributed by atoms with Crippen LogP contribution >= 0.6 is 0 Å². The van der Waals surface area contributed by atoms with Gasteiger partial charge < -0.3 is 15.6 Å². The summed E-state index contributed by atoms with van der Waals surface area (Å²) in [6.45, 7) is 5.26. The fourth-order valence-electron chi connectivity index (χ4n) is 1.34. The molecule has 1 rings (SSSR count). The van der Waals surface area contributed by atoms with Crippen molar-refractivity contribution in [3.63, 3.8) is 0 Å². The standard InChI is InChI=1S/C12H17N3O3/c1-7(2)14-11(17)8(3)15-12(18)9-4-5-13-10(16)6-9/h4-8H,1-3H3,(H,13,16)(H,14,17)(H,15,18). The number of hydrogen-bond donors (Lipinski definition) is 3. The molecule has 0 radical (unpaired) electrons. The van der Waals surface area contributed by atoms with Crippen LogP contribution < -0.4 is 16.2 Å². The van der Waals surface area contributed by atoms with E-state index in [0.29, 0.717) is 0 Å². The van der Waals surface area contributed by atoms with Gasteiger partial charge in [0.25, 0.3) is 5.91 Å². The normalized spacial score (nSPS) is 12.0. The van der Waals surface area contributed by atoms with E-state index < -0.39 is 11.9 Å². The van der Waals surface area contributed by atoms with Gasteiger partial charge in [0.1, 0.15) is 6.04 Å². The second-order valence-electron chi connectivity index (χ2n) is 4.30. The smallest absolute Gasteiger partial charge is 0.252 e. The molecule has 1 aromatic heterocycles. The first-order chi connectivity index (χ1) is 8.40. The molecule has 0 aromatic carbocycles. The van der Waals surface area contributed by atoms with E-state index in [1.54, 1.807) is 6.92 Å². The van der Waals surface area contributed by atoms with Crippen molar-refractivity contribution in [2.75, 3.05) is 0 Å². The molecule has 0 spiro atoms. The van der Waals surface area contributed by atoms with Gasteiger partial charge in [0.15, 0.2) is 0 Å². The lowest BCUT2D eigenvalue weighted by atomic mass is 10.2. The molecule has 0 aliphatic rings. The van der Waals surface area contributed by atoms with Crippen molar-refractivity contribution >= 4 is 11.8 Å². The zero-order valence-electron chi connectivity index (χ0n) is 10.6. The first-order valence-corrected chi connectivity index (χ1v) is 5.70. The topological polar surface area (TPSA) is 91.1 Å². The summed E-state index contributed by atoms with van der Waals surface area (Å²) in [5.41, 5.74) is -0.134. The number of aromatic nitrogens is 1. The van der Waals surface area contributed by atoms with Crippen LogP contribution in [-0.2, 0) is 4.79 Å². The Morgan fingerprint density at radius 3 is 2.44 bits per heavy atom. The fourth-order valence-corrected chi connectivity index (χ4v) is 1.34. The van der Waals surface area contributed by atoms with Gasteiger partial charge in [-0.15, -0.1) is 0 Å². The van der Waals surface area contributed by atoms with E-state index in [-0.39, 0.29) is 23.1 Å². The minimum Gasteiger partial charge on any atom is -0.352 e. The van der Waals surface area contributed by atoms with E-state index in [0.717, 1.165) is 0 Å². The lowest BCUT2D eigenvalue weighted by Gasteiger charge is -2.15. The van der Waals surface area contributed by atoms with Crippen molar-refractivity contribution in [3.8, 4) is 0 Å². The summed E-state index contributed by atoms with van der Waals surface area (Å²) in [6, 6.07) is 2.02. The Kier molecular flexibility index (Phi) is 4.65. The summed E-state index contributed by atoms with van der Waals surface area (Å²) in [5, 5.41) is 5.21. The Hall–Kier alpha value is -2.11. The molecule has 0 bridgehead atoms. The van der Waals surface area contributed by atoms with Gasteiger partial charge >= 0.3 is 0 Å². The number of rotatable bonds is 4. The maximum Gasteiger partial charge on any atom is 0.252 e. The number of carbonyl (C=O) groups excluding carboxylic acids is 2. The second-order valence-corrected chi connectivity index (χ2v) is 4.30. The Labute approximate surface area is 105 Å². The monoisotopic (exact) mass is 251 g/mol. The third kappa shape index (κ3) is 4.04. The number of nitrogens with one attached hydrogen (secondary N) is 3. The minimum atomic E-state index is -0.654. The molecule has 0 aliphatic carbocycles. The van der Waals surface area contributed by atoms with Gasteiger partial charge in [0.05, 0.1) is 0 Å². The molecular weight excluding hydrogens is 234 g/mol. The molecule has 6 heteroatoms. The summed E-state index contributed by atoms with van der Waals surface area (Å²) >= 11 is 0. The van der Waals surface area contributed by atoms with Crippen LogP contribution in [0.3, 0.4) is 0 Å². The van der Waals surface area contributed by atoms with Crippen LogP contribution in [0.1, 0.15) is 31.1 Å². The zero-order valence-corrected chi connectivity index (χ0v) is 10.6. The maximum absolute atomic E-state index is 11.8. The molecule has 0 aliphatic heterocycles. The molecule has 6 nitrogen and oxygen atoms in total. The average molecular weight is 251 g/mol. The van der Waals surface area contributed by atoms with Gasteiger partial charge in [0.2, 0.25) is 11.5 Å². The Morgan fingerprint density at radius 2 is 1.89 bits per heavy atom. The van der Waals surface area contributed by atoms with Crippen molar-refractivity contribution in [1.82, 2.24) is 15.6 Å². The molecule has 3 N–H and O–H groups in total. The highest BCUT2D eigenvalue weighted by Crippen LogP contribution is 1.95. The second kappa shape index (κ2) is 6.00. The van der Waals surface area contributed by atoms with Gasteiger partial charge in [-0.1, -0.05) is 0 Å². The van der Waals surface area contributed by atoms with Gasteiger partial charge in [-0.2, -0.15) is 0 Å². The first-order valence-electron chi connectivity index (χ1n) is 5.70. The van der Waals surface area contributed by atoms with E-state index >= 15 is 0 Å². The van der Waals surface area contributed by atoms with Crippen LogP contribution in [-0.4, -0.2) is 28.9 Å². The molecule has 98 valence electrons. The molecule has 0 saturated carbocycles. The molecule has 1 atom stereocenters. The molecule has 1 aromatic rings. The summed E-state index contributed by atoms with van der Waals surface area (Å²) in [4.78, 5) is 36.8. The van der Waals surface area contributed by atoms with Gasteiger partial charge in [-0.3, -0.25) is 14.4 Å². The third-order valence-corrected chi connectivity index (χ3v) is 2.21. The van der Waals surface area contributed by atoms with Crippen molar-refractivity contribution in [3.05, 3.63) is 34.2 Å². The van der Waals surface area contributed by atoms with Crippen LogP contribution in [0.25, 0.3) is 0 Å². The first kappa shape index (κ1) is 14.0. The van der Waals surface area contributed by atoms with E-state index in [1.807, 2.05) is 13.8 Å².